The lowest BCUT2D eigenvalue weighted by Crippen LogP contribution is -2.36. The Morgan fingerprint density at radius 3 is 2.64 bits per heavy atom. The number of nitrogens with one attached hydrogen (secondary N) is 1. The van der Waals surface area contributed by atoms with E-state index in [1.54, 1.807) is 0 Å². The van der Waals surface area contributed by atoms with E-state index in [2.05, 4.69) is 22.0 Å². The molecule has 0 saturated carbocycles. The molecule has 112 valence electrons. The number of allylic oxidation sites excluding steroid dienone is 2. The number of carbonyl (C=O) groups is 1. The van der Waals surface area contributed by atoms with E-state index >= 15 is 0 Å². The number of hydrogen-bond acceptors (Lipinski definition) is 4. The highest BCUT2D eigenvalue weighted by Crippen LogP contribution is 2.44. The smallest absolute Gasteiger partial charge is 0.205 e. The van der Waals surface area contributed by atoms with Gasteiger partial charge < -0.3 is 4.74 Å². The fourth-order valence-corrected chi connectivity index (χ4v) is 3.47. The van der Waals surface area contributed by atoms with Crippen molar-refractivity contribution in [3.05, 3.63) is 45.6 Å². The number of halogens is 1. The molecule has 5 heteroatoms. The van der Waals surface area contributed by atoms with Gasteiger partial charge >= 0.3 is 0 Å². The van der Waals surface area contributed by atoms with Gasteiger partial charge in [-0.2, -0.15) is 5.26 Å². The molecule has 1 N–H and O–H groups in total. The molecule has 0 radical (unpaired) electrons. The van der Waals surface area contributed by atoms with Crippen molar-refractivity contribution in [2.45, 2.75) is 25.7 Å². The predicted molar refractivity (Wildman–Crippen MR) is 85.2 cm³/mol. The van der Waals surface area contributed by atoms with Gasteiger partial charge in [-0.1, -0.05) is 35.0 Å². The SMILES string of the molecule is CC1CC(=O)C2=C(C1)OC(=N)C(C#N)C2c1ccc(Br)cc1. The number of carbonyl (C=O) groups excluding carboxylic acids is 1. The minimum absolute atomic E-state index is 0.0365. The average molecular weight is 359 g/mol. The Balaban J connectivity index is 2.15. The van der Waals surface area contributed by atoms with E-state index in [0.717, 1.165) is 10.0 Å². The van der Waals surface area contributed by atoms with Crippen molar-refractivity contribution in [2.24, 2.45) is 11.8 Å². The highest BCUT2D eigenvalue weighted by Gasteiger charge is 2.43. The van der Waals surface area contributed by atoms with Crippen LogP contribution in [-0.2, 0) is 9.53 Å². The summed E-state index contributed by atoms with van der Waals surface area (Å²) in [6.45, 7) is 2.00. The molecule has 0 aromatic heterocycles. The van der Waals surface area contributed by atoms with Crippen molar-refractivity contribution >= 4 is 27.6 Å². The Labute approximate surface area is 137 Å². The Bertz CT molecular complexity index is 715. The number of nitriles is 1. The summed E-state index contributed by atoms with van der Waals surface area (Å²) in [6, 6.07) is 9.70. The zero-order chi connectivity index (χ0) is 15.9. The average Bonchev–Trinajstić information content (AvgIpc) is 2.46. The largest absolute Gasteiger partial charge is 0.446 e. The molecular formula is C17H15BrN2O2. The van der Waals surface area contributed by atoms with E-state index in [9.17, 15) is 10.1 Å². The van der Waals surface area contributed by atoms with Gasteiger partial charge in [-0.15, -0.1) is 0 Å². The van der Waals surface area contributed by atoms with E-state index < -0.39 is 11.8 Å². The summed E-state index contributed by atoms with van der Waals surface area (Å²) in [5.41, 5.74) is 1.46. The molecule has 0 saturated heterocycles. The van der Waals surface area contributed by atoms with E-state index in [0.29, 0.717) is 24.2 Å². The maximum atomic E-state index is 12.5. The molecule has 1 heterocycles. The molecule has 1 aliphatic carbocycles. The van der Waals surface area contributed by atoms with Crippen molar-refractivity contribution in [3.63, 3.8) is 0 Å². The first-order valence-corrected chi connectivity index (χ1v) is 7.98. The molecule has 1 aromatic carbocycles. The zero-order valence-corrected chi connectivity index (χ0v) is 13.7. The highest BCUT2D eigenvalue weighted by molar-refractivity contribution is 9.10. The fourth-order valence-electron chi connectivity index (χ4n) is 3.20. The lowest BCUT2D eigenvalue weighted by Gasteiger charge is -2.35. The minimum atomic E-state index is -0.753. The van der Waals surface area contributed by atoms with E-state index in [1.165, 1.54) is 0 Å². The summed E-state index contributed by atoms with van der Waals surface area (Å²) in [5.74, 6) is -0.395. The first-order chi connectivity index (χ1) is 10.5. The quantitative estimate of drug-likeness (QED) is 0.826. The molecule has 0 amide bonds. The van der Waals surface area contributed by atoms with Crippen molar-refractivity contribution in [1.29, 1.82) is 10.7 Å². The van der Waals surface area contributed by atoms with Crippen LogP contribution in [0.3, 0.4) is 0 Å². The van der Waals surface area contributed by atoms with E-state index in [4.69, 9.17) is 10.1 Å². The van der Waals surface area contributed by atoms with Gasteiger partial charge in [-0.05, 0) is 23.6 Å². The monoisotopic (exact) mass is 358 g/mol. The summed E-state index contributed by atoms with van der Waals surface area (Å²) in [6.07, 6.45) is 1.12. The number of ketones is 1. The molecule has 2 aliphatic rings. The van der Waals surface area contributed by atoms with Gasteiger partial charge in [0.2, 0.25) is 5.90 Å². The molecule has 4 nitrogen and oxygen atoms in total. The van der Waals surface area contributed by atoms with Gasteiger partial charge in [0.1, 0.15) is 11.7 Å². The lowest BCUT2D eigenvalue weighted by molar-refractivity contribution is -0.117. The second-order valence-electron chi connectivity index (χ2n) is 5.88. The van der Waals surface area contributed by atoms with Crippen LogP contribution in [0.15, 0.2) is 40.1 Å². The molecular weight excluding hydrogens is 344 g/mol. The normalized spacial score (nSPS) is 28.0. The van der Waals surface area contributed by atoms with Crippen LogP contribution < -0.4 is 0 Å². The number of hydrogen-bond donors (Lipinski definition) is 1. The maximum absolute atomic E-state index is 12.5. The summed E-state index contributed by atoms with van der Waals surface area (Å²) >= 11 is 3.39. The molecule has 3 unspecified atom stereocenters. The van der Waals surface area contributed by atoms with Crippen LogP contribution in [-0.4, -0.2) is 11.7 Å². The van der Waals surface area contributed by atoms with Gasteiger partial charge in [0.25, 0.3) is 0 Å². The van der Waals surface area contributed by atoms with Crippen LogP contribution in [0.5, 0.6) is 0 Å². The lowest BCUT2D eigenvalue weighted by atomic mass is 9.72. The molecule has 3 rings (SSSR count). The number of nitrogens with zero attached hydrogens (tertiary/aromatic N) is 1. The Kier molecular flexibility index (Phi) is 3.88. The first kappa shape index (κ1) is 15.0. The van der Waals surface area contributed by atoms with Crippen molar-refractivity contribution in [3.8, 4) is 6.07 Å². The topological polar surface area (TPSA) is 73.9 Å². The second-order valence-corrected chi connectivity index (χ2v) is 6.79. The zero-order valence-electron chi connectivity index (χ0n) is 12.1. The molecule has 0 fully saturated rings. The van der Waals surface area contributed by atoms with Gasteiger partial charge in [-0.25, -0.2) is 0 Å². The van der Waals surface area contributed by atoms with Crippen LogP contribution in [0.4, 0.5) is 0 Å². The van der Waals surface area contributed by atoms with Crippen molar-refractivity contribution < 1.29 is 9.53 Å². The summed E-state index contributed by atoms with van der Waals surface area (Å²) in [7, 11) is 0. The number of ether oxygens (including phenoxy) is 1. The van der Waals surface area contributed by atoms with Crippen molar-refractivity contribution in [2.75, 3.05) is 0 Å². The van der Waals surface area contributed by atoms with E-state index in [1.807, 2.05) is 31.2 Å². The third-order valence-corrected chi connectivity index (χ3v) is 4.73. The van der Waals surface area contributed by atoms with Crippen LogP contribution >= 0.6 is 15.9 Å². The predicted octanol–water partition coefficient (Wildman–Crippen LogP) is 3.93. The summed E-state index contributed by atoms with van der Waals surface area (Å²) < 4.78 is 6.46. The Morgan fingerprint density at radius 2 is 2.00 bits per heavy atom. The number of Topliss-reactive ketones (excluding diaryl/α,β-unsaturated/α-hetero) is 1. The molecule has 0 bridgehead atoms. The van der Waals surface area contributed by atoms with E-state index in [-0.39, 0.29) is 17.6 Å². The van der Waals surface area contributed by atoms with Gasteiger partial charge in [0.05, 0.1) is 6.07 Å². The third-order valence-electron chi connectivity index (χ3n) is 4.20. The van der Waals surface area contributed by atoms with Gasteiger partial charge in [0.15, 0.2) is 5.78 Å². The van der Waals surface area contributed by atoms with Gasteiger partial charge in [0, 0.05) is 28.8 Å². The summed E-state index contributed by atoms with van der Waals surface area (Å²) in [5, 5.41) is 17.5. The van der Waals surface area contributed by atoms with Crippen molar-refractivity contribution in [1.82, 2.24) is 0 Å². The summed E-state index contributed by atoms with van der Waals surface area (Å²) in [4.78, 5) is 12.5. The minimum Gasteiger partial charge on any atom is -0.446 e. The van der Waals surface area contributed by atoms with Gasteiger partial charge in [-0.3, -0.25) is 10.2 Å². The van der Waals surface area contributed by atoms with Crippen LogP contribution in [0.1, 0.15) is 31.2 Å². The van der Waals surface area contributed by atoms with Crippen LogP contribution in [0.25, 0.3) is 0 Å². The Hall–Kier alpha value is -1.93. The second kappa shape index (κ2) is 5.69. The maximum Gasteiger partial charge on any atom is 0.205 e. The molecule has 0 spiro atoms. The number of rotatable bonds is 1. The standard InChI is InChI=1S/C17H15BrN2O2/c1-9-6-13(21)16-14(7-9)22-17(20)12(8-19)15(16)10-2-4-11(18)5-3-10/h2-5,9,12,15,20H,6-7H2,1H3. The Morgan fingerprint density at radius 1 is 1.32 bits per heavy atom. The third kappa shape index (κ3) is 2.48. The molecule has 1 aliphatic heterocycles. The molecule has 22 heavy (non-hydrogen) atoms. The fraction of sp³-hybridized carbons (Fsp3) is 0.353. The molecule has 1 aromatic rings. The van der Waals surface area contributed by atoms with Crippen LogP contribution in [0, 0.1) is 28.6 Å². The molecule has 3 atom stereocenters. The first-order valence-electron chi connectivity index (χ1n) is 7.19. The number of benzene rings is 1. The highest BCUT2D eigenvalue weighted by atomic mass is 79.9. The van der Waals surface area contributed by atoms with Crippen LogP contribution in [0.2, 0.25) is 0 Å².